The lowest BCUT2D eigenvalue weighted by Crippen LogP contribution is -2.12. The predicted molar refractivity (Wildman–Crippen MR) is 71.3 cm³/mol. The Balaban J connectivity index is 1.84. The van der Waals surface area contributed by atoms with Crippen LogP contribution in [-0.4, -0.2) is 0 Å². The van der Waals surface area contributed by atoms with Gasteiger partial charge < -0.3 is 5.32 Å². The zero-order valence-corrected chi connectivity index (χ0v) is 9.99. The minimum atomic E-state index is -0.205. The number of hydrogen-bond donors (Lipinski definition) is 1. The molecule has 0 aromatic heterocycles. The Kier molecular flexibility index (Phi) is 4.11. The molecule has 0 aliphatic heterocycles. The Morgan fingerprint density at radius 3 is 1.89 bits per heavy atom. The third-order valence-electron chi connectivity index (χ3n) is 2.69. The van der Waals surface area contributed by atoms with Gasteiger partial charge in [-0.2, -0.15) is 0 Å². The van der Waals surface area contributed by atoms with Gasteiger partial charge in [0.15, 0.2) is 0 Å². The van der Waals surface area contributed by atoms with E-state index >= 15 is 0 Å². The second-order valence-electron chi connectivity index (χ2n) is 4.07. The molecule has 0 bridgehead atoms. The minimum Gasteiger partial charge on any atom is -0.309 e. The first kappa shape index (κ1) is 12.3. The van der Waals surface area contributed by atoms with Crippen molar-refractivity contribution in [3.05, 3.63) is 71.0 Å². The summed E-state index contributed by atoms with van der Waals surface area (Å²) in [6.45, 7) is 1.49. The molecule has 1 nitrogen and oxygen atoms in total. The first-order valence-electron chi connectivity index (χ1n) is 5.78. The summed E-state index contributed by atoms with van der Waals surface area (Å²) in [5, 5.41) is 3.30. The van der Waals surface area contributed by atoms with Crippen LogP contribution in [-0.2, 0) is 13.1 Å². The van der Waals surface area contributed by atoms with Gasteiger partial charge in [0.05, 0.1) is 0 Å². The molecule has 2 heteroatoms. The van der Waals surface area contributed by atoms with Crippen LogP contribution in [0.3, 0.4) is 0 Å². The summed E-state index contributed by atoms with van der Waals surface area (Å²) in [6, 6.07) is 14.4. The third-order valence-corrected chi connectivity index (χ3v) is 2.69. The molecule has 2 rings (SSSR count). The Hall–Kier alpha value is -2.11. The molecular formula is C16H14FN. The monoisotopic (exact) mass is 239 g/mol. The number of benzene rings is 2. The highest BCUT2D eigenvalue weighted by atomic mass is 19.1. The number of rotatable bonds is 4. The molecule has 90 valence electrons. The van der Waals surface area contributed by atoms with Gasteiger partial charge in [-0.25, -0.2) is 4.39 Å². The SMILES string of the molecule is C#Cc1ccc(CNCc2ccc(F)cc2)cc1. The van der Waals surface area contributed by atoms with Gasteiger partial charge >= 0.3 is 0 Å². The van der Waals surface area contributed by atoms with E-state index in [1.54, 1.807) is 12.1 Å². The van der Waals surface area contributed by atoms with Crippen molar-refractivity contribution in [2.45, 2.75) is 13.1 Å². The van der Waals surface area contributed by atoms with E-state index in [0.717, 1.165) is 24.2 Å². The summed E-state index contributed by atoms with van der Waals surface area (Å²) in [4.78, 5) is 0. The second-order valence-corrected chi connectivity index (χ2v) is 4.07. The van der Waals surface area contributed by atoms with Gasteiger partial charge in [-0.15, -0.1) is 6.42 Å². The number of halogens is 1. The number of nitrogens with one attached hydrogen (secondary N) is 1. The van der Waals surface area contributed by atoms with Crippen LogP contribution in [0, 0.1) is 18.2 Å². The maximum Gasteiger partial charge on any atom is 0.123 e. The molecule has 0 aliphatic carbocycles. The first-order chi connectivity index (χ1) is 8.78. The summed E-state index contributed by atoms with van der Waals surface area (Å²) in [7, 11) is 0. The fourth-order valence-corrected chi connectivity index (χ4v) is 1.67. The Morgan fingerprint density at radius 1 is 0.889 bits per heavy atom. The maximum absolute atomic E-state index is 12.7. The van der Waals surface area contributed by atoms with Crippen molar-refractivity contribution in [3.8, 4) is 12.3 Å². The quantitative estimate of drug-likeness (QED) is 0.808. The van der Waals surface area contributed by atoms with Crippen LogP contribution >= 0.6 is 0 Å². The molecule has 0 radical (unpaired) electrons. The van der Waals surface area contributed by atoms with Crippen LogP contribution in [0.2, 0.25) is 0 Å². The van der Waals surface area contributed by atoms with E-state index in [0.29, 0.717) is 0 Å². The molecule has 0 saturated heterocycles. The largest absolute Gasteiger partial charge is 0.309 e. The zero-order valence-electron chi connectivity index (χ0n) is 9.99. The average molecular weight is 239 g/mol. The average Bonchev–Trinajstić information content (AvgIpc) is 2.42. The molecule has 2 aromatic rings. The van der Waals surface area contributed by atoms with E-state index in [-0.39, 0.29) is 5.82 Å². The third kappa shape index (κ3) is 3.44. The van der Waals surface area contributed by atoms with Crippen molar-refractivity contribution in [3.63, 3.8) is 0 Å². The lowest BCUT2D eigenvalue weighted by atomic mass is 10.1. The van der Waals surface area contributed by atoms with Gasteiger partial charge in [0.1, 0.15) is 5.82 Å². The molecule has 0 atom stereocenters. The molecule has 0 saturated carbocycles. The molecule has 2 aromatic carbocycles. The maximum atomic E-state index is 12.7. The van der Waals surface area contributed by atoms with Crippen molar-refractivity contribution < 1.29 is 4.39 Å². The highest BCUT2D eigenvalue weighted by Crippen LogP contribution is 2.05. The van der Waals surface area contributed by atoms with Crippen LogP contribution in [0.25, 0.3) is 0 Å². The molecule has 18 heavy (non-hydrogen) atoms. The fraction of sp³-hybridized carbons (Fsp3) is 0.125. The standard InChI is InChI=1S/C16H14FN/c1-2-13-3-5-14(6-4-13)11-18-12-15-7-9-16(17)10-8-15/h1,3-10,18H,11-12H2. The zero-order chi connectivity index (χ0) is 12.8. The number of terminal acetylenes is 1. The minimum absolute atomic E-state index is 0.205. The van der Waals surface area contributed by atoms with Gasteiger partial charge in [0.25, 0.3) is 0 Å². The molecule has 0 spiro atoms. The van der Waals surface area contributed by atoms with Crippen molar-refractivity contribution in [1.82, 2.24) is 5.32 Å². The first-order valence-corrected chi connectivity index (χ1v) is 5.78. The van der Waals surface area contributed by atoms with E-state index < -0.39 is 0 Å². The fourth-order valence-electron chi connectivity index (χ4n) is 1.67. The van der Waals surface area contributed by atoms with Crippen molar-refractivity contribution in [2.24, 2.45) is 0 Å². The summed E-state index contributed by atoms with van der Waals surface area (Å²) in [5.74, 6) is 2.38. The highest BCUT2D eigenvalue weighted by Gasteiger charge is 1.95. The molecule has 0 amide bonds. The van der Waals surface area contributed by atoms with Gasteiger partial charge in [0, 0.05) is 18.7 Å². The topological polar surface area (TPSA) is 12.0 Å². The van der Waals surface area contributed by atoms with E-state index in [9.17, 15) is 4.39 Å². The lowest BCUT2D eigenvalue weighted by molar-refractivity contribution is 0.625. The van der Waals surface area contributed by atoms with E-state index in [4.69, 9.17) is 6.42 Å². The summed E-state index contributed by atoms with van der Waals surface area (Å²) in [5.41, 5.74) is 3.13. The molecular weight excluding hydrogens is 225 g/mol. The van der Waals surface area contributed by atoms with E-state index in [1.165, 1.54) is 17.7 Å². The van der Waals surface area contributed by atoms with Crippen LogP contribution < -0.4 is 5.32 Å². The Labute approximate surface area is 107 Å². The molecule has 0 heterocycles. The van der Waals surface area contributed by atoms with Gasteiger partial charge in [-0.05, 0) is 35.4 Å². The predicted octanol–water partition coefficient (Wildman–Crippen LogP) is 3.10. The normalized spacial score (nSPS) is 10.0. The molecule has 0 fully saturated rings. The van der Waals surface area contributed by atoms with Gasteiger partial charge in [0.2, 0.25) is 0 Å². The van der Waals surface area contributed by atoms with Crippen molar-refractivity contribution >= 4 is 0 Å². The van der Waals surface area contributed by atoms with Crippen LogP contribution in [0.4, 0.5) is 4.39 Å². The lowest BCUT2D eigenvalue weighted by Gasteiger charge is -2.05. The summed E-state index contributed by atoms with van der Waals surface area (Å²) >= 11 is 0. The van der Waals surface area contributed by atoms with Crippen LogP contribution in [0.1, 0.15) is 16.7 Å². The van der Waals surface area contributed by atoms with Gasteiger partial charge in [-0.1, -0.05) is 30.2 Å². The van der Waals surface area contributed by atoms with E-state index in [1.807, 2.05) is 24.3 Å². The van der Waals surface area contributed by atoms with Gasteiger partial charge in [-0.3, -0.25) is 0 Å². The summed E-state index contributed by atoms with van der Waals surface area (Å²) in [6.07, 6.45) is 5.29. The van der Waals surface area contributed by atoms with E-state index in [2.05, 4.69) is 11.2 Å². The van der Waals surface area contributed by atoms with Crippen LogP contribution in [0.5, 0.6) is 0 Å². The molecule has 0 unspecified atom stereocenters. The Morgan fingerprint density at radius 2 is 1.39 bits per heavy atom. The second kappa shape index (κ2) is 6.00. The molecule has 0 aliphatic rings. The smallest absolute Gasteiger partial charge is 0.123 e. The Bertz CT molecular complexity index is 535. The summed E-state index contributed by atoms with van der Waals surface area (Å²) < 4.78 is 12.7. The van der Waals surface area contributed by atoms with Crippen molar-refractivity contribution in [2.75, 3.05) is 0 Å². The van der Waals surface area contributed by atoms with Crippen molar-refractivity contribution in [1.29, 1.82) is 0 Å². The number of hydrogen-bond acceptors (Lipinski definition) is 1. The van der Waals surface area contributed by atoms with Crippen LogP contribution in [0.15, 0.2) is 48.5 Å². The highest BCUT2D eigenvalue weighted by molar-refractivity contribution is 5.34. The molecule has 1 N–H and O–H groups in total.